The Hall–Kier alpha value is -3.52. The maximum atomic E-state index is 15.1. The number of carbonyl (C=O) groups is 3. The molecule has 0 saturated carbocycles. The summed E-state index contributed by atoms with van der Waals surface area (Å²) in [4.78, 5) is 39.0. The molecule has 202 valence electrons. The molecule has 0 bridgehead atoms. The van der Waals surface area contributed by atoms with Crippen molar-refractivity contribution in [3.63, 3.8) is 0 Å². The molecule has 2 saturated heterocycles. The molecule has 3 heterocycles. The van der Waals surface area contributed by atoms with Crippen LogP contribution in [0.3, 0.4) is 0 Å². The molecular formula is C24H22F4N4O5S. The summed E-state index contributed by atoms with van der Waals surface area (Å²) in [5.74, 6) is -2.22. The Morgan fingerprint density at radius 2 is 1.68 bits per heavy atom. The smallest absolute Gasteiger partial charge is 0.367 e. The number of hydrogen-bond acceptors (Lipinski definition) is 6. The highest BCUT2D eigenvalue weighted by Gasteiger charge is 2.40. The molecule has 5 rings (SSSR count). The molecule has 3 aliphatic rings. The van der Waals surface area contributed by atoms with Gasteiger partial charge < -0.3 is 9.80 Å². The first-order valence-corrected chi connectivity index (χ1v) is 13.2. The van der Waals surface area contributed by atoms with Crippen LogP contribution in [0.5, 0.6) is 0 Å². The van der Waals surface area contributed by atoms with Crippen LogP contribution in [0.2, 0.25) is 0 Å². The summed E-state index contributed by atoms with van der Waals surface area (Å²) in [6, 6.07) is 5.25. The second kappa shape index (κ2) is 9.34. The van der Waals surface area contributed by atoms with E-state index in [1.165, 1.54) is 11.0 Å². The Balaban J connectivity index is 1.31. The molecule has 2 aromatic carbocycles. The number of benzene rings is 2. The minimum Gasteiger partial charge on any atom is -0.367 e. The van der Waals surface area contributed by atoms with Gasteiger partial charge in [-0.25, -0.2) is 12.8 Å². The molecular weight excluding hydrogens is 532 g/mol. The van der Waals surface area contributed by atoms with Crippen LogP contribution in [0.25, 0.3) is 0 Å². The number of halogens is 4. The van der Waals surface area contributed by atoms with Crippen LogP contribution in [0, 0.1) is 5.82 Å². The number of imide groups is 1. The van der Waals surface area contributed by atoms with E-state index in [9.17, 15) is 36.0 Å². The molecule has 0 aromatic heterocycles. The molecule has 38 heavy (non-hydrogen) atoms. The van der Waals surface area contributed by atoms with Gasteiger partial charge >= 0.3 is 6.18 Å². The average Bonchev–Trinajstić information content (AvgIpc) is 3.18. The van der Waals surface area contributed by atoms with Crippen molar-refractivity contribution in [1.29, 1.82) is 0 Å². The van der Waals surface area contributed by atoms with E-state index in [2.05, 4.69) is 5.32 Å². The zero-order valence-electron chi connectivity index (χ0n) is 19.8. The first kappa shape index (κ1) is 26.1. The van der Waals surface area contributed by atoms with E-state index in [1.807, 2.05) is 0 Å². The molecule has 3 amide bonds. The van der Waals surface area contributed by atoms with Crippen LogP contribution >= 0.6 is 0 Å². The number of nitrogens with one attached hydrogen (secondary N) is 1. The summed E-state index contributed by atoms with van der Waals surface area (Å²) < 4.78 is 81.2. The van der Waals surface area contributed by atoms with Crippen molar-refractivity contribution >= 4 is 33.4 Å². The number of sulfonamides is 1. The van der Waals surface area contributed by atoms with E-state index in [1.54, 1.807) is 4.90 Å². The number of alkyl halides is 3. The van der Waals surface area contributed by atoms with Gasteiger partial charge in [-0.05, 0) is 42.3 Å². The lowest BCUT2D eigenvalue weighted by molar-refractivity contribution is -0.138. The molecule has 1 unspecified atom stereocenters. The van der Waals surface area contributed by atoms with Gasteiger partial charge in [-0.2, -0.15) is 17.5 Å². The molecule has 0 spiro atoms. The fourth-order valence-corrected chi connectivity index (χ4v) is 6.44. The third kappa shape index (κ3) is 4.62. The lowest BCUT2D eigenvalue weighted by atomic mass is 10.0. The normalized spacial score (nSPS) is 21.1. The minimum absolute atomic E-state index is 0.0532. The molecule has 1 N–H and O–H groups in total. The number of hydrogen-bond donors (Lipinski definition) is 1. The Labute approximate surface area is 215 Å². The fraction of sp³-hybridized carbons (Fsp3) is 0.375. The van der Waals surface area contributed by atoms with Gasteiger partial charge in [0.2, 0.25) is 21.8 Å². The van der Waals surface area contributed by atoms with Gasteiger partial charge in [0.15, 0.2) is 0 Å². The van der Waals surface area contributed by atoms with E-state index in [-0.39, 0.29) is 56.8 Å². The Morgan fingerprint density at radius 3 is 2.34 bits per heavy atom. The number of carbonyl (C=O) groups excluding carboxylic acids is 3. The Bertz CT molecular complexity index is 1440. The topological polar surface area (TPSA) is 107 Å². The summed E-state index contributed by atoms with van der Waals surface area (Å²) in [7, 11) is -4.21. The van der Waals surface area contributed by atoms with Gasteiger partial charge in [0.05, 0.1) is 16.1 Å². The SMILES string of the molecule is O=C1CCC(N2Cc3cc(N4CCN(S(=O)(=O)c5cccc(C(F)(F)F)c5)CC4)c(F)cc3C2=O)C(=O)N1. The molecule has 0 radical (unpaired) electrons. The zero-order valence-corrected chi connectivity index (χ0v) is 20.6. The van der Waals surface area contributed by atoms with Gasteiger partial charge in [0.1, 0.15) is 11.9 Å². The largest absolute Gasteiger partial charge is 0.416 e. The van der Waals surface area contributed by atoms with E-state index in [0.717, 1.165) is 28.6 Å². The van der Waals surface area contributed by atoms with Crippen LogP contribution in [-0.4, -0.2) is 67.6 Å². The van der Waals surface area contributed by atoms with Crippen molar-refractivity contribution in [3.05, 3.63) is 58.9 Å². The second-order valence-corrected chi connectivity index (χ2v) is 11.2. The van der Waals surface area contributed by atoms with Crippen LogP contribution in [0.4, 0.5) is 23.2 Å². The minimum atomic E-state index is -4.69. The summed E-state index contributed by atoms with van der Waals surface area (Å²) in [5.41, 5.74) is -0.312. The van der Waals surface area contributed by atoms with Crippen molar-refractivity contribution in [2.75, 3.05) is 31.1 Å². The maximum Gasteiger partial charge on any atom is 0.416 e. The van der Waals surface area contributed by atoms with Crippen molar-refractivity contribution in [2.45, 2.75) is 36.5 Å². The van der Waals surface area contributed by atoms with Gasteiger partial charge in [-0.15, -0.1) is 0 Å². The van der Waals surface area contributed by atoms with Crippen LogP contribution < -0.4 is 10.2 Å². The summed E-state index contributed by atoms with van der Waals surface area (Å²) >= 11 is 0. The van der Waals surface area contributed by atoms with Crippen molar-refractivity contribution in [3.8, 4) is 0 Å². The Morgan fingerprint density at radius 1 is 0.974 bits per heavy atom. The number of piperidine rings is 1. The molecule has 3 aliphatic heterocycles. The van der Waals surface area contributed by atoms with Crippen molar-refractivity contribution in [1.82, 2.24) is 14.5 Å². The van der Waals surface area contributed by atoms with E-state index < -0.39 is 56.2 Å². The van der Waals surface area contributed by atoms with Crippen LogP contribution in [0.15, 0.2) is 41.3 Å². The fourth-order valence-electron chi connectivity index (χ4n) is 4.97. The number of amides is 3. The van der Waals surface area contributed by atoms with Gasteiger partial charge in [0.25, 0.3) is 5.91 Å². The lowest BCUT2D eigenvalue weighted by Gasteiger charge is -2.35. The highest BCUT2D eigenvalue weighted by molar-refractivity contribution is 7.89. The first-order valence-electron chi connectivity index (χ1n) is 11.8. The number of fused-ring (bicyclic) bond motifs is 1. The van der Waals surface area contributed by atoms with Gasteiger partial charge in [-0.3, -0.25) is 19.7 Å². The molecule has 2 fully saturated rings. The predicted molar refractivity (Wildman–Crippen MR) is 125 cm³/mol. The lowest BCUT2D eigenvalue weighted by Crippen LogP contribution is -2.52. The molecule has 14 heteroatoms. The predicted octanol–water partition coefficient (Wildman–Crippen LogP) is 2.12. The summed E-state index contributed by atoms with van der Waals surface area (Å²) in [6.07, 6.45) is -4.43. The van der Waals surface area contributed by atoms with E-state index >= 15 is 4.39 Å². The third-order valence-electron chi connectivity index (χ3n) is 6.97. The molecule has 9 nitrogen and oxygen atoms in total. The van der Waals surface area contributed by atoms with Crippen LogP contribution in [-0.2, 0) is 32.3 Å². The zero-order chi connectivity index (χ0) is 27.4. The highest BCUT2D eigenvalue weighted by Crippen LogP contribution is 2.34. The number of nitrogens with zero attached hydrogens (tertiary/aromatic N) is 3. The average molecular weight is 555 g/mol. The number of rotatable bonds is 4. The third-order valence-corrected chi connectivity index (χ3v) is 8.86. The Kier molecular flexibility index (Phi) is 6.42. The molecule has 0 aliphatic carbocycles. The number of anilines is 1. The molecule has 1 atom stereocenters. The summed E-state index contributed by atoms with van der Waals surface area (Å²) in [5, 5.41) is 2.20. The van der Waals surface area contributed by atoms with Gasteiger partial charge in [-0.1, -0.05) is 6.07 Å². The monoisotopic (exact) mass is 554 g/mol. The van der Waals surface area contributed by atoms with Crippen molar-refractivity contribution in [2.24, 2.45) is 0 Å². The van der Waals surface area contributed by atoms with Crippen LogP contribution in [0.1, 0.15) is 34.3 Å². The van der Waals surface area contributed by atoms with Gasteiger partial charge in [0, 0.05) is 44.7 Å². The van der Waals surface area contributed by atoms with E-state index in [4.69, 9.17) is 0 Å². The molecule has 2 aromatic rings. The maximum absolute atomic E-state index is 15.1. The second-order valence-electron chi connectivity index (χ2n) is 9.28. The quantitative estimate of drug-likeness (QED) is 0.459. The standard InChI is InChI=1S/C24H22F4N4O5S/c25-18-12-17-14(13-32(23(17)35)19-4-5-21(33)29-22(19)34)10-20(18)30-6-8-31(9-7-30)38(36,37)16-3-1-2-15(11-16)24(26,27)28/h1-3,10-12,19H,4-9,13H2,(H,29,33,34). The van der Waals surface area contributed by atoms with Crippen molar-refractivity contribution < 1.29 is 40.4 Å². The van der Waals surface area contributed by atoms with E-state index in [0.29, 0.717) is 11.6 Å². The highest BCUT2D eigenvalue weighted by atomic mass is 32.2. The number of piperazine rings is 1. The summed E-state index contributed by atoms with van der Waals surface area (Å²) in [6.45, 7) is 0.0158. The first-order chi connectivity index (χ1) is 17.9.